The molecule has 0 rings (SSSR count). The molecule has 0 aromatic carbocycles. The van der Waals surface area contributed by atoms with Gasteiger partial charge in [0.1, 0.15) is 6.61 Å². The van der Waals surface area contributed by atoms with Gasteiger partial charge in [-0.25, -0.2) is 4.79 Å². The first-order chi connectivity index (χ1) is 4.77. The van der Waals surface area contributed by atoms with Gasteiger partial charge in [-0.15, -0.1) is 0 Å². The zero-order chi connectivity index (χ0) is 7.82. The van der Waals surface area contributed by atoms with Crippen molar-refractivity contribution in [1.29, 1.82) is 0 Å². The summed E-state index contributed by atoms with van der Waals surface area (Å²) in [6.07, 6.45) is 4.99. The standard InChI is InChI=1S/C7H10O3/c1-2-3-4-5-10-6-7(8)9/h2-4H,1,5-6H2,(H,8,9). The molecule has 0 atom stereocenters. The highest BCUT2D eigenvalue weighted by Gasteiger charge is 1.91. The molecule has 0 radical (unpaired) electrons. The fourth-order valence-corrected chi connectivity index (χ4v) is 0.366. The third-order valence-electron chi connectivity index (χ3n) is 0.712. The van der Waals surface area contributed by atoms with Crippen LogP contribution >= 0.6 is 0 Å². The number of hydrogen-bond donors (Lipinski definition) is 1. The smallest absolute Gasteiger partial charge is 0.329 e. The molecular weight excluding hydrogens is 132 g/mol. The Morgan fingerprint density at radius 2 is 2.40 bits per heavy atom. The maximum atomic E-state index is 9.86. The first kappa shape index (κ1) is 8.91. The maximum Gasteiger partial charge on any atom is 0.329 e. The Morgan fingerprint density at radius 3 is 2.90 bits per heavy atom. The highest BCUT2D eigenvalue weighted by atomic mass is 16.5. The van der Waals surface area contributed by atoms with E-state index < -0.39 is 5.97 Å². The van der Waals surface area contributed by atoms with Gasteiger partial charge in [-0.2, -0.15) is 0 Å². The molecule has 10 heavy (non-hydrogen) atoms. The van der Waals surface area contributed by atoms with E-state index in [9.17, 15) is 4.79 Å². The molecule has 0 heterocycles. The summed E-state index contributed by atoms with van der Waals surface area (Å²) in [5.74, 6) is -0.952. The number of hydrogen-bond acceptors (Lipinski definition) is 2. The normalized spacial score (nSPS) is 10.0. The zero-order valence-electron chi connectivity index (χ0n) is 5.62. The average Bonchev–Trinajstić information content (AvgIpc) is 1.87. The molecule has 0 aromatic rings. The Morgan fingerprint density at radius 1 is 1.70 bits per heavy atom. The topological polar surface area (TPSA) is 46.5 Å². The lowest BCUT2D eigenvalue weighted by molar-refractivity contribution is -0.141. The first-order valence-corrected chi connectivity index (χ1v) is 2.84. The molecule has 3 heteroatoms. The van der Waals surface area contributed by atoms with Crippen LogP contribution in [-0.4, -0.2) is 24.3 Å². The molecule has 0 aromatic heterocycles. The van der Waals surface area contributed by atoms with Gasteiger partial charge < -0.3 is 9.84 Å². The molecule has 0 spiro atoms. The quantitative estimate of drug-likeness (QED) is 0.457. The van der Waals surface area contributed by atoms with E-state index >= 15 is 0 Å². The molecule has 0 bridgehead atoms. The highest BCUT2D eigenvalue weighted by molar-refractivity contribution is 5.67. The summed E-state index contributed by atoms with van der Waals surface area (Å²) in [6.45, 7) is 3.50. The van der Waals surface area contributed by atoms with Crippen molar-refractivity contribution in [1.82, 2.24) is 0 Å². The molecule has 0 amide bonds. The maximum absolute atomic E-state index is 9.86. The third kappa shape index (κ3) is 6.91. The van der Waals surface area contributed by atoms with Crippen molar-refractivity contribution in [3.05, 3.63) is 24.8 Å². The van der Waals surface area contributed by atoms with E-state index in [0.29, 0.717) is 6.61 Å². The van der Waals surface area contributed by atoms with Crippen LogP contribution in [0.5, 0.6) is 0 Å². The van der Waals surface area contributed by atoms with E-state index in [1.807, 2.05) is 0 Å². The van der Waals surface area contributed by atoms with Crippen molar-refractivity contribution in [3.63, 3.8) is 0 Å². The van der Waals surface area contributed by atoms with E-state index in [-0.39, 0.29) is 6.61 Å². The van der Waals surface area contributed by atoms with Crippen molar-refractivity contribution < 1.29 is 14.6 Å². The van der Waals surface area contributed by atoms with Crippen LogP contribution in [0, 0.1) is 0 Å². The molecule has 0 saturated heterocycles. The van der Waals surface area contributed by atoms with Gasteiger partial charge in [0, 0.05) is 0 Å². The summed E-state index contributed by atoms with van der Waals surface area (Å²) in [6, 6.07) is 0. The van der Waals surface area contributed by atoms with Gasteiger partial charge >= 0.3 is 5.97 Å². The minimum absolute atomic E-state index is 0.249. The number of rotatable bonds is 5. The predicted molar refractivity (Wildman–Crippen MR) is 37.8 cm³/mol. The second kappa shape index (κ2) is 6.04. The first-order valence-electron chi connectivity index (χ1n) is 2.84. The van der Waals surface area contributed by atoms with Crippen molar-refractivity contribution >= 4 is 5.97 Å². The molecule has 0 unspecified atom stereocenters. The number of carboxylic acids is 1. The number of allylic oxidation sites excluding steroid dienone is 2. The van der Waals surface area contributed by atoms with Gasteiger partial charge in [-0.1, -0.05) is 24.8 Å². The fraction of sp³-hybridized carbons (Fsp3) is 0.286. The number of aliphatic carboxylic acids is 1. The van der Waals surface area contributed by atoms with E-state index in [0.717, 1.165) is 0 Å². The number of carboxylic acid groups (broad SMARTS) is 1. The van der Waals surface area contributed by atoms with Crippen LogP contribution < -0.4 is 0 Å². The molecule has 3 nitrogen and oxygen atoms in total. The minimum atomic E-state index is -0.952. The van der Waals surface area contributed by atoms with Crippen molar-refractivity contribution in [2.24, 2.45) is 0 Å². The Bertz CT molecular complexity index is 138. The lowest BCUT2D eigenvalue weighted by atomic mass is 10.5. The van der Waals surface area contributed by atoms with E-state index in [4.69, 9.17) is 5.11 Å². The van der Waals surface area contributed by atoms with Crippen molar-refractivity contribution in [3.8, 4) is 0 Å². The fourth-order valence-electron chi connectivity index (χ4n) is 0.366. The second-order valence-electron chi connectivity index (χ2n) is 1.57. The summed E-state index contributed by atoms with van der Waals surface area (Å²) in [4.78, 5) is 9.86. The Balaban J connectivity index is 3.12. The van der Waals surface area contributed by atoms with Gasteiger partial charge in [-0.05, 0) is 0 Å². The SMILES string of the molecule is C=CC=CCOCC(=O)O. The molecule has 1 N–H and O–H groups in total. The largest absolute Gasteiger partial charge is 0.480 e. The Hall–Kier alpha value is -1.09. The van der Waals surface area contributed by atoms with Crippen LogP contribution in [-0.2, 0) is 9.53 Å². The van der Waals surface area contributed by atoms with Crippen LogP contribution in [0.3, 0.4) is 0 Å². The molecule has 0 saturated carbocycles. The van der Waals surface area contributed by atoms with Crippen LogP contribution in [0.1, 0.15) is 0 Å². The van der Waals surface area contributed by atoms with E-state index in [2.05, 4.69) is 11.3 Å². The summed E-state index contributed by atoms with van der Waals surface area (Å²) in [5.41, 5.74) is 0. The van der Waals surface area contributed by atoms with Gasteiger partial charge in [-0.3, -0.25) is 0 Å². The summed E-state index contributed by atoms with van der Waals surface area (Å²) >= 11 is 0. The molecule has 0 aliphatic rings. The number of ether oxygens (including phenoxy) is 1. The van der Waals surface area contributed by atoms with E-state index in [1.165, 1.54) is 0 Å². The molecule has 0 fully saturated rings. The third-order valence-corrected chi connectivity index (χ3v) is 0.712. The second-order valence-corrected chi connectivity index (χ2v) is 1.57. The van der Waals surface area contributed by atoms with E-state index in [1.54, 1.807) is 18.2 Å². The van der Waals surface area contributed by atoms with Gasteiger partial charge in [0.15, 0.2) is 0 Å². The lowest BCUT2D eigenvalue weighted by Gasteiger charge is -1.92. The summed E-state index contributed by atoms with van der Waals surface area (Å²) < 4.78 is 4.66. The van der Waals surface area contributed by atoms with Crippen LogP contribution in [0.2, 0.25) is 0 Å². The van der Waals surface area contributed by atoms with Gasteiger partial charge in [0.05, 0.1) is 6.61 Å². The van der Waals surface area contributed by atoms with Crippen LogP contribution in [0.4, 0.5) is 0 Å². The van der Waals surface area contributed by atoms with Crippen LogP contribution in [0.25, 0.3) is 0 Å². The zero-order valence-corrected chi connectivity index (χ0v) is 5.62. The van der Waals surface area contributed by atoms with Crippen molar-refractivity contribution in [2.75, 3.05) is 13.2 Å². The molecule has 56 valence electrons. The Kier molecular flexibility index (Phi) is 5.38. The lowest BCUT2D eigenvalue weighted by Crippen LogP contribution is -2.06. The monoisotopic (exact) mass is 142 g/mol. The van der Waals surface area contributed by atoms with Crippen molar-refractivity contribution in [2.45, 2.75) is 0 Å². The molecular formula is C7H10O3. The number of carbonyl (C=O) groups is 1. The molecule has 0 aliphatic heterocycles. The van der Waals surface area contributed by atoms with Crippen LogP contribution in [0.15, 0.2) is 24.8 Å². The molecule has 0 aliphatic carbocycles. The minimum Gasteiger partial charge on any atom is -0.480 e. The average molecular weight is 142 g/mol. The van der Waals surface area contributed by atoms with Gasteiger partial charge in [0.25, 0.3) is 0 Å². The van der Waals surface area contributed by atoms with Gasteiger partial charge in [0.2, 0.25) is 0 Å². The Labute approximate surface area is 59.6 Å². The highest BCUT2D eigenvalue weighted by Crippen LogP contribution is 1.77. The summed E-state index contributed by atoms with van der Waals surface area (Å²) in [5, 5.41) is 8.10. The predicted octanol–water partition coefficient (Wildman–Crippen LogP) is 0.830. The summed E-state index contributed by atoms with van der Waals surface area (Å²) in [7, 11) is 0.